The summed E-state index contributed by atoms with van der Waals surface area (Å²) in [6, 6.07) is 14.3. The van der Waals surface area contributed by atoms with Crippen LogP contribution in [0.25, 0.3) is 22.4 Å². The van der Waals surface area contributed by atoms with Crippen molar-refractivity contribution < 1.29 is 21.6 Å². The second-order valence-corrected chi connectivity index (χ2v) is 14.2. The van der Waals surface area contributed by atoms with Gasteiger partial charge in [-0.1, -0.05) is 30.3 Å². The van der Waals surface area contributed by atoms with Gasteiger partial charge in [-0.3, -0.25) is 0 Å². The van der Waals surface area contributed by atoms with Gasteiger partial charge in [0.25, 0.3) is 0 Å². The van der Waals surface area contributed by atoms with E-state index in [9.17, 15) is 16.8 Å². The molecule has 2 aliphatic heterocycles. The molecule has 1 aromatic carbocycles. The maximum absolute atomic E-state index is 13.3. The Bertz CT molecular complexity index is 1740. The van der Waals surface area contributed by atoms with E-state index in [1.54, 1.807) is 42.5 Å². The number of morpholine rings is 1. The molecule has 0 saturated carbocycles. The van der Waals surface area contributed by atoms with Crippen LogP contribution in [0.15, 0.2) is 60.9 Å². The molecule has 0 N–H and O–H groups in total. The minimum Gasteiger partial charge on any atom is -0.377 e. The van der Waals surface area contributed by atoms with Gasteiger partial charge in [-0.25, -0.2) is 35.8 Å². The third kappa shape index (κ3) is 4.92. The third-order valence-corrected chi connectivity index (χ3v) is 11.1. The zero-order valence-electron chi connectivity index (χ0n) is 21.5. The van der Waals surface area contributed by atoms with Crippen molar-refractivity contribution >= 4 is 36.7 Å². The minimum absolute atomic E-state index is 0.0520. The molecule has 2 atom stereocenters. The van der Waals surface area contributed by atoms with Crippen LogP contribution in [0.4, 0.5) is 5.82 Å². The number of rotatable bonds is 6. The molecule has 12 heteroatoms. The lowest BCUT2D eigenvalue weighted by Gasteiger charge is -2.34. The fourth-order valence-corrected chi connectivity index (χ4v) is 8.64. The summed E-state index contributed by atoms with van der Waals surface area (Å²) >= 11 is 0. The maximum atomic E-state index is 13.3. The summed E-state index contributed by atoms with van der Waals surface area (Å²) in [5.41, 5.74) is 2.00. The van der Waals surface area contributed by atoms with Crippen molar-refractivity contribution in [3.8, 4) is 11.4 Å². The number of ether oxygens (including phenoxy) is 1. The number of nitrogens with zero attached hydrogens (tertiary/aromatic N) is 5. The van der Waals surface area contributed by atoms with E-state index in [1.165, 1.54) is 16.4 Å². The maximum Gasteiger partial charge on any atom is 0.244 e. The van der Waals surface area contributed by atoms with E-state index in [0.717, 1.165) is 0 Å². The number of fused-ring (bicyclic) bond motifs is 1. The average molecular weight is 568 g/mol. The summed E-state index contributed by atoms with van der Waals surface area (Å²) in [5, 5.41) is -0.121. The Kier molecular flexibility index (Phi) is 6.64. The van der Waals surface area contributed by atoms with Crippen molar-refractivity contribution in [2.45, 2.75) is 36.8 Å². The largest absolute Gasteiger partial charge is 0.377 e. The number of anilines is 1. The van der Waals surface area contributed by atoms with Gasteiger partial charge in [0, 0.05) is 36.0 Å². The highest BCUT2D eigenvalue weighted by atomic mass is 32.2. The first kappa shape index (κ1) is 25.9. The molecule has 4 aromatic rings. The lowest BCUT2D eigenvalue weighted by Crippen LogP contribution is -2.44. The molecule has 2 saturated heterocycles. The highest BCUT2D eigenvalue weighted by Crippen LogP contribution is 2.37. The van der Waals surface area contributed by atoms with Crippen LogP contribution < -0.4 is 4.90 Å². The Morgan fingerprint density at radius 3 is 2.67 bits per heavy atom. The molecule has 0 aliphatic carbocycles. The van der Waals surface area contributed by atoms with Crippen molar-refractivity contribution in [2.24, 2.45) is 0 Å². The number of hydrogen-bond donors (Lipinski definition) is 0. The van der Waals surface area contributed by atoms with Crippen LogP contribution >= 0.6 is 0 Å². The van der Waals surface area contributed by atoms with Gasteiger partial charge < -0.3 is 9.64 Å². The predicted molar refractivity (Wildman–Crippen MR) is 149 cm³/mol. The van der Waals surface area contributed by atoms with E-state index in [2.05, 4.69) is 9.88 Å². The van der Waals surface area contributed by atoms with Gasteiger partial charge in [0.2, 0.25) is 10.0 Å². The normalized spacial score (nSPS) is 21.4. The van der Waals surface area contributed by atoms with Gasteiger partial charge in [-0.2, -0.15) is 0 Å². The van der Waals surface area contributed by atoms with E-state index in [-0.39, 0.29) is 23.2 Å². The summed E-state index contributed by atoms with van der Waals surface area (Å²) in [4.78, 5) is 16.1. The van der Waals surface area contributed by atoms with Crippen LogP contribution in [-0.4, -0.2) is 67.3 Å². The summed E-state index contributed by atoms with van der Waals surface area (Å²) < 4.78 is 59.2. The molecule has 6 rings (SSSR count). The number of aromatic nitrogens is 4. The minimum atomic E-state index is -3.75. The SMILES string of the molecule is C[C@@H]1COCCN1c1cc(C2CCCS2(=O)=O)nc(-c2ccnc3c2ccn3S(=O)(=O)Cc2ccccc2)n1. The molecule has 0 radical (unpaired) electrons. The Hall–Kier alpha value is -3.35. The first-order chi connectivity index (χ1) is 18.7. The van der Waals surface area contributed by atoms with E-state index >= 15 is 0 Å². The van der Waals surface area contributed by atoms with Gasteiger partial charge in [-0.15, -0.1) is 0 Å². The molecule has 3 aromatic heterocycles. The van der Waals surface area contributed by atoms with Crippen LogP contribution in [0.1, 0.15) is 36.3 Å². The molecule has 2 fully saturated rings. The van der Waals surface area contributed by atoms with Gasteiger partial charge in [0.1, 0.15) is 11.1 Å². The van der Waals surface area contributed by atoms with Crippen molar-refractivity contribution in [3.05, 3.63) is 72.2 Å². The highest BCUT2D eigenvalue weighted by Gasteiger charge is 2.35. The Balaban J connectivity index is 1.47. The first-order valence-corrected chi connectivity index (χ1v) is 16.2. The van der Waals surface area contributed by atoms with Crippen LogP contribution in [0.3, 0.4) is 0 Å². The van der Waals surface area contributed by atoms with E-state index in [4.69, 9.17) is 14.7 Å². The summed E-state index contributed by atoms with van der Waals surface area (Å²) in [6.45, 7) is 3.74. The summed E-state index contributed by atoms with van der Waals surface area (Å²) in [7, 11) is -7.07. The van der Waals surface area contributed by atoms with Crippen molar-refractivity contribution in [2.75, 3.05) is 30.4 Å². The molecule has 2 aliphatic rings. The molecule has 0 spiro atoms. The van der Waals surface area contributed by atoms with Crippen LogP contribution in [-0.2, 0) is 30.4 Å². The van der Waals surface area contributed by atoms with Gasteiger partial charge in [0.05, 0.1) is 36.5 Å². The molecule has 204 valence electrons. The molecule has 1 unspecified atom stereocenters. The van der Waals surface area contributed by atoms with Gasteiger partial charge >= 0.3 is 0 Å². The van der Waals surface area contributed by atoms with Crippen molar-refractivity contribution in [1.82, 2.24) is 18.9 Å². The molecular weight excluding hydrogens is 538 g/mol. The zero-order chi connectivity index (χ0) is 27.2. The quantitative estimate of drug-likeness (QED) is 0.345. The fraction of sp³-hybridized carbons (Fsp3) is 0.370. The number of hydrogen-bond acceptors (Lipinski definition) is 9. The van der Waals surface area contributed by atoms with Crippen LogP contribution in [0.2, 0.25) is 0 Å². The molecular formula is C27H29N5O5S2. The van der Waals surface area contributed by atoms with Crippen LogP contribution in [0, 0.1) is 0 Å². The average Bonchev–Trinajstić information content (AvgIpc) is 3.52. The number of benzene rings is 1. The van der Waals surface area contributed by atoms with Gasteiger partial charge in [0.15, 0.2) is 21.3 Å². The molecule has 0 bridgehead atoms. The van der Waals surface area contributed by atoms with Crippen molar-refractivity contribution in [3.63, 3.8) is 0 Å². The zero-order valence-corrected chi connectivity index (χ0v) is 23.1. The molecule has 0 amide bonds. The Morgan fingerprint density at radius 1 is 1.10 bits per heavy atom. The van der Waals surface area contributed by atoms with Crippen LogP contribution in [0.5, 0.6) is 0 Å². The third-order valence-electron chi connectivity index (χ3n) is 7.34. The van der Waals surface area contributed by atoms with Gasteiger partial charge in [-0.05, 0) is 37.5 Å². The number of sulfone groups is 1. The topological polar surface area (TPSA) is 124 Å². The lowest BCUT2D eigenvalue weighted by atomic mass is 10.1. The fourth-order valence-electron chi connectivity index (χ4n) is 5.37. The summed E-state index contributed by atoms with van der Waals surface area (Å²) in [5.74, 6) is 0.943. The Labute approximate surface area is 227 Å². The monoisotopic (exact) mass is 567 g/mol. The standard InChI is InChI=1S/C27H29N5O5S2/c1-19-17-37-14-13-31(19)25-16-23(24-8-5-15-38(24,33)34)29-26(30-25)21-9-11-28-27-22(21)10-12-32(27)39(35,36)18-20-6-3-2-4-7-20/h2-4,6-7,9-12,16,19,24H,5,8,13-15,17-18H2,1H3/t19-,24?/m1/s1. The number of pyridine rings is 1. The first-order valence-electron chi connectivity index (χ1n) is 12.9. The second kappa shape index (κ2) is 10.00. The highest BCUT2D eigenvalue weighted by molar-refractivity contribution is 7.91. The lowest BCUT2D eigenvalue weighted by molar-refractivity contribution is 0.0985. The smallest absolute Gasteiger partial charge is 0.244 e. The predicted octanol–water partition coefficient (Wildman–Crippen LogP) is 3.35. The molecule has 5 heterocycles. The summed E-state index contributed by atoms with van der Waals surface area (Å²) in [6.07, 6.45) is 4.13. The second-order valence-electron chi connectivity index (χ2n) is 10.0. The molecule has 39 heavy (non-hydrogen) atoms. The van der Waals surface area contributed by atoms with E-state index in [0.29, 0.717) is 66.4 Å². The van der Waals surface area contributed by atoms with E-state index < -0.39 is 25.1 Å². The van der Waals surface area contributed by atoms with Crippen molar-refractivity contribution in [1.29, 1.82) is 0 Å². The van der Waals surface area contributed by atoms with E-state index in [1.807, 2.05) is 13.0 Å². The molecule has 10 nitrogen and oxygen atoms in total. The Morgan fingerprint density at radius 2 is 1.92 bits per heavy atom.